The molecule has 0 bridgehead atoms. The maximum atomic E-state index is 9.62. The minimum Gasteiger partial charge on any atom is -0.496 e. The van der Waals surface area contributed by atoms with Crippen molar-refractivity contribution in [1.82, 2.24) is 9.55 Å². The number of aromatic nitrogens is 2. The van der Waals surface area contributed by atoms with Crippen LogP contribution in [0.15, 0.2) is 22.8 Å². The molecule has 0 aliphatic heterocycles. The minimum absolute atomic E-state index is 0.403. The quantitative estimate of drug-likeness (QED) is 0.718. The van der Waals surface area contributed by atoms with Crippen LogP contribution in [-0.4, -0.2) is 16.7 Å². The molecule has 122 valence electrons. The fourth-order valence-corrected chi connectivity index (χ4v) is 3.59. The topological polar surface area (TPSA) is 76.9 Å². The van der Waals surface area contributed by atoms with Gasteiger partial charge in [-0.3, -0.25) is 9.55 Å². The Hall–Kier alpha value is -2.52. The largest absolute Gasteiger partial charge is 0.496 e. The van der Waals surface area contributed by atoms with E-state index in [-0.39, 0.29) is 0 Å². The summed E-state index contributed by atoms with van der Waals surface area (Å²) in [4.78, 5) is 4.42. The van der Waals surface area contributed by atoms with Gasteiger partial charge in [0.1, 0.15) is 23.2 Å². The Morgan fingerprint density at radius 2 is 2.00 bits per heavy atom. The van der Waals surface area contributed by atoms with Crippen LogP contribution in [0.4, 0.5) is 5.82 Å². The molecule has 0 saturated carbocycles. The van der Waals surface area contributed by atoms with Gasteiger partial charge in [-0.1, -0.05) is 6.07 Å². The van der Waals surface area contributed by atoms with Crippen LogP contribution < -0.4 is 10.5 Å². The first-order valence-electron chi connectivity index (χ1n) is 7.42. The number of fused-ring (bicyclic) bond motifs is 1. The number of hydrogen-bond donors (Lipinski definition) is 1. The van der Waals surface area contributed by atoms with Crippen molar-refractivity contribution >= 4 is 32.7 Å². The molecule has 0 fully saturated rings. The zero-order chi connectivity index (χ0) is 17.6. The summed E-state index contributed by atoms with van der Waals surface area (Å²) in [7, 11) is 1.64. The average Bonchev–Trinajstić information content (AvgIpc) is 2.84. The summed E-state index contributed by atoms with van der Waals surface area (Å²) >= 11 is 3.55. The van der Waals surface area contributed by atoms with Crippen molar-refractivity contribution < 1.29 is 4.74 Å². The van der Waals surface area contributed by atoms with E-state index in [1.807, 2.05) is 37.5 Å². The van der Waals surface area contributed by atoms with Crippen molar-refractivity contribution in [2.24, 2.45) is 0 Å². The summed E-state index contributed by atoms with van der Waals surface area (Å²) in [5, 5.41) is 10.4. The van der Waals surface area contributed by atoms with Crippen LogP contribution >= 0.6 is 15.9 Å². The summed E-state index contributed by atoms with van der Waals surface area (Å²) in [6.07, 6.45) is 1.75. The number of ether oxygens (including phenoxy) is 1. The van der Waals surface area contributed by atoms with Gasteiger partial charge in [0.05, 0.1) is 30.2 Å². The van der Waals surface area contributed by atoms with Gasteiger partial charge in [-0.2, -0.15) is 5.26 Å². The number of rotatable bonds is 2. The first-order chi connectivity index (χ1) is 11.4. The lowest BCUT2D eigenvalue weighted by molar-refractivity contribution is 0.411. The molecule has 1 aromatic carbocycles. The summed E-state index contributed by atoms with van der Waals surface area (Å²) in [5.74, 6) is 1.18. The number of nitrogens with zero attached hydrogens (tertiary/aromatic N) is 3. The molecule has 0 radical (unpaired) electrons. The molecule has 0 amide bonds. The number of nitrogen functional groups attached to an aromatic ring is 1. The molecule has 0 spiro atoms. The molecule has 0 aliphatic rings. The zero-order valence-electron chi connectivity index (χ0n) is 13.9. The van der Waals surface area contributed by atoms with Gasteiger partial charge in [0.25, 0.3) is 0 Å². The van der Waals surface area contributed by atoms with Crippen LogP contribution in [-0.2, 0) is 0 Å². The van der Waals surface area contributed by atoms with Gasteiger partial charge in [-0.05, 0) is 48.3 Å². The fourth-order valence-electron chi connectivity index (χ4n) is 3.09. The third kappa shape index (κ3) is 2.16. The fraction of sp³-hybridized carbons (Fsp3) is 0.222. The number of methoxy groups -OCH3 is 1. The number of halogens is 1. The monoisotopic (exact) mass is 384 g/mol. The van der Waals surface area contributed by atoms with Crippen molar-refractivity contribution in [2.75, 3.05) is 12.8 Å². The van der Waals surface area contributed by atoms with Crippen LogP contribution in [0.2, 0.25) is 0 Å². The van der Waals surface area contributed by atoms with Crippen LogP contribution in [0.5, 0.6) is 5.75 Å². The second-order valence-electron chi connectivity index (χ2n) is 5.68. The lowest BCUT2D eigenvalue weighted by atomic mass is 10.1. The molecule has 0 saturated heterocycles. The SMILES string of the molecule is COc1ccc(C)c(-n2c(N)c(C#N)c3c(Br)c(C)ncc32)c1C. The highest BCUT2D eigenvalue weighted by Gasteiger charge is 2.22. The van der Waals surface area contributed by atoms with Crippen molar-refractivity contribution in [3.63, 3.8) is 0 Å². The van der Waals surface area contributed by atoms with E-state index in [9.17, 15) is 5.26 Å². The van der Waals surface area contributed by atoms with Crippen LogP contribution in [0.1, 0.15) is 22.4 Å². The van der Waals surface area contributed by atoms with Gasteiger partial charge in [0.2, 0.25) is 0 Å². The second-order valence-corrected chi connectivity index (χ2v) is 6.48. The molecule has 5 nitrogen and oxygen atoms in total. The molecule has 2 aromatic heterocycles. The predicted octanol–water partition coefficient (Wildman–Crippen LogP) is 4.18. The number of anilines is 1. The standard InChI is InChI=1S/C18H17BrN4O/c1-9-5-6-14(24-4)10(2)17(9)23-13-8-22-11(3)16(19)15(13)12(7-20)18(23)21/h5-6,8H,21H2,1-4H3. The lowest BCUT2D eigenvalue weighted by Crippen LogP contribution is -2.06. The Balaban J connectivity index is 2.52. The van der Waals surface area contributed by atoms with Gasteiger partial charge in [-0.25, -0.2) is 0 Å². The molecule has 2 heterocycles. The smallest absolute Gasteiger partial charge is 0.127 e. The Kier molecular flexibility index (Phi) is 3.98. The molecular formula is C18H17BrN4O. The summed E-state index contributed by atoms with van der Waals surface area (Å²) in [6.45, 7) is 5.88. The highest BCUT2D eigenvalue weighted by Crippen LogP contribution is 2.39. The summed E-state index contributed by atoms with van der Waals surface area (Å²) in [6, 6.07) is 6.14. The van der Waals surface area contributed by atoms with E-state index in [0.29, 0.717) is 11.4 Å². The Morgan fingerprint density at radius 3 is 2.62 bits per heavy atom. The van der Waals surface area contributed by atoms with Gasteiger partial charge in [0, 0.05) is 15.4 Å². The second kappa shape index (κ2) is 5.84. The highest BCUT2D eigenvalue weighted by molar-refractivity contribution is 9.10. The van der Waals surface area contributed by atoms with E-state index in [0.717, 1.165) is 43.6 Å². The van der Waals surface area contributed by atoms with Crippen molar-refractivity contribution in [3.8, 4) is 17.5 Å². The average molecular weight is 385 g/mol. The summed E-state index contributed by atoms with van der Waals surface area (Å²) in [5.41, 5.74) is 11.3. The maximum Gasteiger partial charge on any atom is 0.127 e. The van der Waals surface area contributed by atoms with Crippen LogP contribution in [0.3, 0.4) is 0 Å². The predicted molar refractivity (Wildman–Crippen MR) is 98.7 cm³/mol. The summed E-state index contributed by atoms with van der Waals surface area (Å²) < 4.78 is 8.13. The molecule has 0 unspecified atom stereocenters. The van der Waals surface area contributed by atoms with Gasteiger partial charge < -0.3 is 10.5 Å². The Bertz CT molecular complexity index is 1010. The van der Waals surface area contributed by atoms with Crippen molar-refractivity contribution in [1.29, 1.82) is 5.26 Å². The van der Waals surface area contributed by atoms with E-state index in [2.05, 4.69) is 27.0 Å². The first-order valence-corrected chi connectivity index (χ1v) is 8.21. The zero-order valence-corrected chi connectivity index (χ0v) is 15.5. The number of benzene rings is 1. The molecule has 0 atom stereocenters. The number of aryl methyl sites for hydroxylation is 2. The molecule has 3 aromatic rings. The van der Waals surface area contributed by atoms with Gasteiger partial charge in [-0.15, -0.1) is 0 Å². The molecule has 24 heavy (non-hydrogen) atoms. The molecule has 3 rings (SSSR count). The first kappa shape index (κ1) is 16.3. The Labute approximate surface area is 148 Å². The Morgan fingerprint density at radius 1 is 1.29 bits per heavy atom. The van der Waals surface area contributed by atoms with E-state index in [1.165, 1.54) is 0 Å². The van der Waals surface area contributed by atoms with Gasteiger partial charge >= 0.3 is 0 Å². The molecular weight excluding hydrogens is 368 g/mol. The third-order valence-electron chi connectivity index (χ3n) is 4.30. The van der Waals surface area contributed by atoms with Crippen LogP contribution in [0, 0.1) is 32.1 Å². The minimum atomic E-state index is 0.403. The van der Waals surface area contributed by atoms with E-state index < -0.39 is 0 Å². The molecule has 0 aliphatic carbocycles. The highest BCUT2D eigenvalue weighted by atomic mass is 79.9. The number of nitrogens with two attached hydrogens (primary N) is 1. The van der Waals surface area contributed by atoms with E-state index in [4.69, 9.17) is 10.5 Å². The molecule has 6 heteroatoms. The van der Waals surface area contributed by atoms with E-state index >= 15 is 0 Å². The van der Waals surface area contributed by atoms with Crippen molar-refractivity contribution in [2.45, 2.75) is 20.8 Å². The van der Waals surface area contributed by atoms with Gasteiger partial charge in [0.15, 0.2) is 0 Å². The number of hydrogen-bond acceptors (Lipinski definition) is 4. The number of nitriles is 1. The van der Waals surface area contributed by atoms with Crippen LogP contribution in [0.25, 0.3) is 16.6 Å². The van der Waals surface area contributed by atoms with E-state index in [1.54, 1.807) is 13.3 Å². The number of pyridine rings is 1. The molecule has 2 N–H and O–H groups in total. The maximum absolute atomic E-state index is 9.62. The normalized spacial score (nSPS) is 10.8. The third-order valence-corrected chi connectivity index (χ3v) is 5.27. The van der Waals surface area contributed by atoms with Crippen molar-refractivity contribution in [3.05, 3.63) is 45.2 Å². The lowest BCUT2D eigenvalue weighted by Gasteiger charge is -2.17.